The first-order valence-electron chi connectivity index (χ1n) is 6.80. The standard InChI is InChI=1S/C15H15N5OS/c1-10-6-11(2)20(19-10)14-8-13(16-9-17-14)18-15(21)7-12-4-3-5-22-12/h3-6,8-9H,7H2,1-2H3,(H,16,17,18,21). The van der Waals surface area contributed by atoms with E-state index in [2.05, 4.69) is 20.4 Å². The summed E-state index contributed by atoms with van der Waals surface area (Å²) in [6.45, 7) is 3.88. The minimum atomic E-state index is -0.0968. The van der Waals surface area contributed by atoms with Crippen molar-refractivity contribution < 1.29 is 4.79 Å². The predicted molar refractivity (Wildman–Crippen MR) is 85.3 cm³/mol. The summed E-state index contributed by atoms with van der Waals surface area (Å²) in [6, 6.07) is 7.55. The highest BCUT2D eigenvalue weighted by molar-refractivity contribution is 7.10. The second kappa shape index (κ2) is 6.07. The number of nitrogens with zero attached hydrogens (tertiary/aromatic N) is 4. The van der Waals surface area contributed by atoms with Crippen LogP contribution in [0.5, 0.6) is 0 Å². The molecule has 3 rings (SSSR count). The van der Waals surface area contributed by atoms with Crippen molar-refractivity contribution in [2.45, 2.75) is 20.3 Å². The Labute approximate surface area is 131 Å². The zero-order valence-electron chi connectivity index (χ0n) is 12.3. The van der Waals surface area contributed by atoms with Crippen LogP contribution in [0.3, 0.4) is 0 Å². The van der Waals surface area contributed by atoms with E-state index in [9.17, 15) is 4.79 Å². The molecule has 0 aliphatic rings. The van der Waals surface area contributed by atoms with E-state index in [4.69, 9.17) is 0 Å². The number of aromatic nitrogens is 4. The summed E-state index contributed by atoms with van der Waals surface area (Å²) in [4.78, 5) is 21.3. The lowest BCUT2D eigenvalue weighted by Crippen LogP contribution is -2.15. The first-order chi connectivity index (χ1) is 10.6. The average Bonchev–Trinajstić information content (AvgIpc) is 3.08. The van der Waals surface area contributed by atoms with E-state index in [1.54, 1.807) is 22.1 Å². The summed E-state index contributed by atoms with van der Waals surface area (Å²) in [7, 11) is 0. The van der Waals surface area contributed by atoms with Crippen LogP contribution in [0, 0.1) is 13.8 Å². The number of hydrogen-bond acceptors (Lipinski definition) is 5. The first-order valence-corrected chi connectivity index (χ1v) is 7.68. The number of carbonyl (C=O) groups excluding carboxylic acids is 1. The highest BCUT2D eigenvalue weighted by Gasteiger charge is 2.09. The summed E-state index contributed by atoms with van der Waals surface area (Å²) < 4.78 is 1.73. The van der Waals surface area contributed by atoms with Gasteiger partial charge in [-0.05, 0) is 31.4 Å². The van der Waals surface area contributed by atoms with Gasteiger partial charge in [-0.15, -0.1) is 11.3 Å². The molecule has 0 atom stereocenters. The van der Waals surface area contributed by atoms with Gasteiger partial charge in [-0.25, -0.2) is 14.6 Å². The molecule has 0 fully saturated rings. The van der Waals surface area contributed by atoms with Crippen LogP contribution in [0.2, 0.25) is 0 Å². The van der Waals surface area contributed by atoms with Gasteiger partial charge in [-0.2, -0.15) is 5.10 Å². The van der Waals surface area contributed by atoms with Crippen molar-refractivity contribution in [2.24, 2.45) is 0 Å². The normalized spacial score (nSPS) is 10.6. The lowest BCUT2D eigenvalue weighted by molar-refractivity contribution is -0.115. The Kier molecular flexibility index (Phi) is 3.97. The molecule has 3 aromatic heterocycles. The summed E-state index contributed by atoms with van der Waals surface area (Å²) in [6.07, 6.45) is 1.77. The second-order valence-electron chi connectivity index (χ2n) is 4.90. The van der Waals surface area contributed by atoms with Crippen LogP contribution in [-0.2, 0) is 11.2 Å². The molecule has 112 valence electrons. The number of rotatable bonds is 4. The lowest BCUT2D eigenvalue weighted by Gasteiger charge is -2.06. The van der Waals surface area contributed by atoms with Gasteiger partial charge in [0.1, 0.15) is 12.1 Å². The molecule has 0 bridgehead atoms. The van der Waals surface area contributed by atoms with E-state index in [0.29, 0.717) is 18.1 Å². The number of nitrogens with one attached hydrogen (secondary N) is 1. The maximum absolute atomic E-state index is 12.0. The molecular formula is C15H15N5OS. The Morgan fingerprint density at radius 1 is 1.32 bits per heavy atom. The Balaban J connectivity index is 1.76. The van der Waals surface area contributed by atoms with Gasteiger partial charge in [-0.1, -0.05) is 6.07 Å². The first kappa shape index (κ1) is 14.4. The van der Waals surface area contributed by atoms with Crippen molar-refractivity contribution in [3.05, 3.63) is 52.2 Å². The van der Waals surface area contributed by atoms with Crippen LogP contribution in [0.25, 0.3) is 5.82 Å². The van der Waals surface area contributed by atoms with Crippen LogP contribution in [-0.4, -0.2) is 25.7 Å². The van der Waals surface area contributed by atoms with Gasteiger partial charge in [0, 0.05) is 16.6 Å². The summed E-state index contributed by atoms with van der Waals surface area (Å²) in [5.41, 5.74) is 1.89. The van der Waals surface area contributed by atoms with Crippen molar-refractivity contribution in [3.8, 4) is 5.82 Å². The fourth-order valence-electron chi connectivity index (χ4n) is 2.15. The predicted octanol–water partition coefficient (Wildman–Crippen LogP) is 2.52. The zero-order valence-corrected chi connectivity index (χ0v) is 13.1. The summed E-state index contributed by atoms with van der Waals surface area (Å²) in [5, 5.41) is 9.12. The van der Waals surface area contributed by atoms with Crippen molar-refractivity contribution >= 4 is 23.1 Å². The molecular weight excluding hydrogens is 298 g/mol. The molecule has 0 aliphatic carbocycles. The Hall–Kier alpha value is -2.54. The molecule has 0 aliphatic heterocycles. The van der Waals surface area contributed by atoms with Gasteiger partial charge < -0.3 is 5.32 Å². The summed E-state index contributed by atoms with van der Waals surface area (Å²) >= 11 is 1.56. The Bertz CT molecular complexity index is 794. The topological polar surface area (TPSA) is 72.7 Å². The van der Waals surface area contributed by atoms with Crippen LogP contribution in [0.1, 0.15) is 16.3 Å². The monoisotopic (exact) mass is 313 g/mol. The number of aryl methyl sites for hydroxylation is 2. The summed E-state index contributed by atoms with van der Waals surface area (Å²) in [5.74, 6) is 1.01. The molecule has 6 nitrogen and oxygen atoms in total. The molecule has 0 radical (unpaired) electrons. The number of amides is 1. The quantitative estimate of drug-likeness (QED) is 0.803. The smallest absolute Gasteiger partial charge is 0.230 e. The number of thiophene rings is 1. The average molecular weight is 313 g/mol. The fraction of sp³-hybridized carbons (Fsp3) is 0.200. The maximum atomic E-state index is 12.0. The van der Waals surface area contributed by atoms with E-state index in [0.717, 1.165) is 16.3 Å². The van der Waals surface area contributed by atoms with E-state index in [1.165, 1.54) is 6.33 Å². The third kappa shape index (κ3) is 3.20. The lowest BCUT2D eigenvalue weighted by atomic mass is 10.3. The van der Waals surface area contributed by atoms with Crippen molar-refractivity contribution in [2.75, 3.05) is 5.32 Å². The minimum absolute atomic E-state index is 0.0968. The van der Waals surface area contributed by atoms with Gasteiger partial charge in [0.2, 0.25) is 5.91 Å². The molecule has 0 unspecified atom stereocenters. The molecule has 0 saturated carbocycles. The fourth-order valence-corrected chi connectivity index (χ4v) is 2.85. The molecule has 0 aromatic carbocycles. The van der Waals surface area contributed by atoms with E-state index < -0.39 is 0 Å². The number of anilines is 1. The minimum Gasteiger partial charge on any atom is -0.310 e. The van der Waals surface area contributed by atoms with Gasteiger partial charge in [0.05, 0.1) is 12.1 Å². The molecule has 1 amide bonds. The van der Waals surface area contributed by atoms with Gasteiger partial charge >= 0.3 is 0 Å². The molecule has 0 spiro atoms. The highest BCUT2D eigenvalue weighted by Crippen LogP contribution is 2.14. The third-order valence-electron chi connectivity index (χ3n) is 3.06. The third-order valence-corrected chi connectivity index (χ3v) is 3.94. The molecule has 3 aromatic rings. The largest absolute Gasteiger partial charge is 0.310 e. The second-order valence-corrected chi connectivity index (χ2v) is 5.94. The molecule has 3 heterocycles. The van der Waals surface area contributed by atoms with Crippen LogP contribution in [0.4, 0.5) is 5.82 Å². The number of hydrogen-bond donors (Lipinski definition) is 1. The van der Waals surface area contributed by atoms with Crippen LogP contribution in [0.15, 0.2) is 36.0 Å². The maximum Gasteiger partial charge on any atom is 0.230 e. The van der Waals surface area contributed by atoms with Gasteiger partial charge in [0.25, 0.3) is 0 Å². The Morgan fingerprint density at radius 2 is 2.18 bits per heavy atom. The van der Waals surface area contributed by atoms with Crippen molar-refractivity contribution in [3.63, 3.8) is 0 Å². The van der Waals surface area contributed by atoms with E-state index >= 15 is 0 Å². The van der Waals surface area contributed by atoms with Crippen molar-refractivity contribution in [1.29, 1.82) is 0 Å². The van der Waals surface area contributed by atoms with Gasteiger partial charge in [0.15, 0.2) is 5.82 Å². The van der Waals surface area contributed by atoms with E-state index in [1.807, 2.05) is 37.4 Å². The molecule has 22 heavy (non-hydrogen) atoms. The molecule has 7 heteroatoms. The molecule has 1 N–H and O–H groups in total. The molecule has 0 saturated heterocycles. The van der Waals surface area contributed by atoms with Crippen LogP contribution < -0.4 is 5.32 Å². The Morgan fingerprint density at radius 3 is 2.86 bits per heavy atom. The SMILES string of the molecule is Cc1cc(C)n(-c2cc(NC(=O)Cc3cccs3)ncn2)n1. The zero-order chi connectivity index (χ0) is 15.5. The van der Waals surface area contributed by atoms with Crippen molar-refractivity contribution in [1.82, 2.24) is 19.7 Å². The van der Waals surface area contributed by atoms with E-state index in [-0.39, 0.29) is 5.91 Å². The van der Waals surface area contributed by atoms with Gasteiger partial charge in [-0.3, -0.25) is 4.79 Å². The van der Waals surface area contributed by atoms with Crippen LogP contribution >= 0.6 is 11.3 Å². The highest BCUT2D eigenvalue weighted by atomic mass is 32.1. The number of carbonyl (C=O) groups is 1.